The molecule has 80 valence electrons. The molecule has 1 fully saturated rings. The first-order valence-corrected chi connectivity index (χ1v) is 5.02. The van der Waals surface area contributed by atoms with Crippen LogP contribution in [0.2, 0.25) is 0 Å². The smallest absolute Gasteiger partial charge is 0.228 e. The average molecular weight is 206 g/mol. The number of hydrogen-bond donors (Lipinski definition) is 2. The highest BCUT2D eigenvalue weighted by molar-refractivity contribution is 5.94. The van der Waals surface area contributed by atoms with Crippen molar-refractivity contribution in [2.75, 3.05) is 17.7 Å². The molecule has 0 atom stereocenters. The van der Waals surface area contributed by atoms with Gasteiger partial charge in [0.1, 0.15) is 18.0 Å². The normalized spacial score (nSPS) is 14.8. The molecule has 1 aliphatic carbocycles. The van der Waals surface area contributed by atoms with E-state index in [2.05, 4.69) is 20.6 Å². The Morgan fingerprint density at radius 3 is 2.67 bits per heavy atom. The molecule has 1 saturated carbocycles. The predicted octanol–water partition coefficient (Wildman–Crippen LogP) is 1.18. The van der Waals surface area contributed by atoms with Crippen molar-refractivity contribution in [1.82, 2.24) is 9.97 Å². The number of carbonyl (C=O) groups excluding carboxylic acids is 1. The number of amides is 1. The Bertz CT molecular complexity index is 387. The van der Waals surface area contributed by atoms with Crippen LogP contribution in [0.25, 0.3) is 0 Å². The Balaban J connectivity index is 2.16. The summed E-state index contributed by atoms with van der Waals surface area (Å²) < 4.78 is 0. The minimum Gasteiger partial charge on any atom is -0.373 e. The lowest BCUT2D eigenvalue weighted by molar-refractivity contribution is -0.117. The molecule has 0 unspecified atom stereocenters. The Hall–Kier alpha value is -1.65. The zero-order valence-corrected chi connectivity index (χ0v) is 8.87. The molecule has 15 heavy (non-hydrogen) atoms. The molecule has 2 N–H and O–H groups in total. The maximum Gasteiger partial charge on any atom is 0.228 e. The van der Waals surface area contributed by atoms with Crippen molar-refractivity contribution in [3.05, 3.63) is 11.9 Å². The van der Waals surface area contributed by atoms with Crippen LogP contribution in [0, 0.1) is 12.8 Å². The van der Waals surface area contributed by atoms with Crippen LogP contribution in [0.4, 0.5) is 11.6 Å². The number of aromatic nitrogens is 2. The topological polar surface area (TPSA) is 66.9 Å². The van der Waals surface area contributed by atoms with E-state index in [4.69, 9.17) is 0 Å². The van der Waals surface area contributed by atoms with E-state index < -0.39 is 0 Å². The summed E-state index contributed by atoms with van der Waals surface area (Å²) in [5.74, 6) is 1.61. The molecule has 5 nitrogen and oxygen atoms in total. The highest BCUT2D eigenvalue weighted by atomic mass is 16.2. The van der Waals surface area contributed by atoms with E-state index in [-0.39, 0.29) is 11.8 Å². The third-order valence-electron chi connectivity index (χ3n) is 2.51. The summed E-state index contributed by atoms with van der Waals surface area (Å²) in [5, 5.41) is 5.77. The zero-order chi connectivity index (χ0) is 10.8. The Morgan fingerprint density at radius 2 is 2.07 bits per heavy atom. The quantitative estimate of drug-likeness (QED) is 0.779. The molecule has 0 aliphatic heterocycles. The van der Waals surface area contributed by atoms with Gasteiger partial charge < -0.3 is 10.6 Å². The summed E-state index contributed by atoms with van der Waals surface area (Å²) in [6, 6.07) is 0. The Labute approximate surface area is 88.3 Å². The molecular formula is C10H14N4O. The average Bonchev–Trinajstić information content (AvgIpc) is 3.04. The molecule has 0 aromatic carbocycles. The molecule has 1 aliphatic rings. The molecule has 0 bridgehead atoms. The van der Waals surface area contributed by atoms with Gasteiger partial charge >= 0.3 is 0 Å². The highest BCUT2D eigenvalue weighted by Crippen LogP contribution is 2.30. The van der Waals surface area contributed by atoms with Gasteiger partial charge in [-0.25, -0.2) is 9.97 Å². The summed E-state index contributed by atoms with van der Waals surface area (Å²) >= 11 is 0. The largest absolute Gasteiger partial charge is 0.373 e. The number of carbonyl (C=O) groups is 1. The molecular weight excluding hydrogens is 192 g/mol. The van der Waals surface area contributed by atoms with Gasteiger partial charge in [0.05, 0.1) is 0 Å². The number of rotatable bonds is 3. The molecule has 1 heterocycles. The first kappa shape index (κ1) is 9.89. The standard InChI is InChI=1S/C10H14N4O/c1-6-8(11-2)12-5-13-9(6)14-10(15)7-3-4-7/h5,7H,3-4H2,1-2H3,(H2,11,12,13,14,15). The van der Waals surface area contributed by atoms with Gasteiger partial charge in [-0.1, -0.05) is 0 Å². The van der Waals surface area contributed by atoms with Crippen molar-refractivity contribution >= 4 is 17.5 Å². The van der Waals surface area contributed by atoms with E-state index in [0.29, 0.717) is 5.82 Å². The van der Waals surface area contributed by atoms with Crippen molar-refractivity contribution < 1.29 is 4.79 Å². The predicted molar refractivity (Wildman–Crippen MR) is 57.7 cm³/mol. The molecule has 1 aromatic rings. The second-order valence-corrected chi connectivity index (χ2v) is 3.71. The van der Waals surface area contributed by atoms with Crippen LogP contribution in [0.3, 0.4) is 0 Å². The Morgan fingerprint density at radius 1 is 1.40 bits per heavy atom. The fourth-order valence-corrected chi connectivity index (χ4v) is 1.39. The number of anilines is 2. The summed E-state index contributed by atoms with van der Waals surface area (Å²) in [6.45, 7) is 1.88. The van der Waals surface area contributed by atoms with E-state index in [1.165, 1.54) is 6.33 Å². The van der Waals surface area contributed by atoms with Gasteiger partial charge in [0.15, 0.2) is 0 Å². The van der Waals surface area contributed by atoms with Crippen molar-refractivity contribution in [1.29, 1.82) is 0 Å². The van der Waals surface area contributed by atoms with Crippen LogP contribution >= 0.6 is 0 Å². The molecule has 2 rings (SSSR count). The lowest BCUT2D eigenvalue weighted by Crippen LogP contribution is -2.16. The summed E-state index contributed by atoms with van der Waals surface area (Å²) in [7, 11) is 1.79. The first-order chi connectivity index (χ1) is 7.22. The van der Waals surface area contributed by atoms with Crippen molar-refractivity contribution in [3.8, 4) is 0 Å². The lowest BCUT2D eigenvalue weighted by Gasteiger charge is -2.09. The molecule has 1 aromatic heterocycles. The van der Waals surface area contributed by atoms with Crippen molar-refractivity contribution in [2.24, 2.45) is 5.92 Å². The van der Waals surface area contributed by atoms with E-state index in [0.717, 1.165) is 24.2 Å². The third kappa shape index (κ3) is 2.06. The van der Waals surface area contributed by atoms with Crippen LogP contribution in [0.15, 0.2) is 6.33 Å². The van der Waals surface area contributed by atoms with E-state index in [9.17, 15) is 4.79 Å². The SMILES string of the molecule is CNc1ncnc(NC(=O)C2CC2)c1C. The summed E-state index contributed by atoms with van der Waals surface area (Å²) in [4.78, 5) is 19.6. The van der Waals surface area contributed by atoms with Crippen LogP contribution in [0.1, 0.15) is 18.4 Å². The van der Waals surface area contributed by atoms with E-state index in [1.54, 1.807) is 7.05 Å². The molecule has 0 radical (unpaired) electrons. The zero-order valence-electron chi connectivity index (χ0n) is 8.87. The maximum absolute atomic E-state index is 11.5. The van der Waals surface area contributed by atoms with Gasteiger partial charge in [-0.05, 0) is 19.8 Å². The molecule has 0 spiro atoms. The van der Waals surface area contributed by atoms with Crippen molar-refractivity contribution in [2.45, 2.75) is 19.8 Å². The second-order valence-electron chi connectivity index (χ2n) is 3.71. The van der Waals surface area contributed by atoms with Crippen LogP contribution < -0.4 is 10.6 Å². The number of nitrogens with one attached hydrogen (secondary N) is 2. The first-order valence-electron chi connectivity index (χ1n) is 5.02. The Kier molecular flexibility index (Phi) is 2.53. The van der Waals surface area contributed by atoms with Crippen LogP contribution in [-0.2, 0) is 4.79 Å². The van der Waals surface area contributed by atoms with Gasteiger partial charge in [0.25, 0.3) is 0 Å². The van der Waals surface area contributed by atoms with Gasteiger partial charge in [0.2, 0.25) is 5.91 Å². The fraction of sp³-hybridized carbons (Fsp3) is 0.500. The van der Waals surface area contributed by atoms with Gasteiger partial charge in [-0.15, -0.1) is 0 Å². The van der Waals surface area contributed by atoms with E-state index >= 15 is 0 Å². The molecule has 5 heteroatoms. The van der Waals surface area contributed by atoms with Gasteiger partial charge in [-0.2, -0.15) is 0 Å². The third-order valence-corrected chi connectivity index (χ3v) is 2.51. The lowest BCUT2D eigenvalue weighted by atomic mass is 10.3. The monoisotopic (exact) mass is 206 g/mol. The van der Waals surface area contributed by atoms with Crippen LogP contribution in [0.5, 0.6) is 0 Å². The summed E-state index contributed by atoms with van der Waals surface area (Å²) in [5.41, 5.74) is 0.869. The number of nitrogens with zero attached hydrogens (tertiary/aromatic N) is 2. The van der Waals surface area contributed by atoms with Crippen molar-refractivity contribution in [3.63, 3.8) is 0 Å². The minimum atomic E-state index is 0.0684. The molecule has 1 amide bonds. The molecule has 0 saturated heterocycles. The van der Waals surface area contributed by atoms with Gasteiger partial charge in [0, 0.05) is 18.5 Å². The highest BCUT2D eigenvalue weighted by Gasteiger charge is 2.30. The van der Waals surface area contributed by atoms with E-state index in [1.807, 2.05) is 6.92 Å². The minimum absolute atomic E-state index is 0.0684. The second kappa shape index (κ2) is 3.84. The maximum atomic E-state index is 11.5. The number of hydrogen-bond acceptors (Lipinski definition) is 4. The fourth-order valence-electron chi connectivity index (χ4n) is 1.39. The summed E-state index contributed by atoms with van der Waals surface area (Å²) in [6.07, 6.45) is 3.44. The van der Waals surface area contributed by atoms with Gasteiger partial charge in [-0.3, -0.25) is 4.79 Å². The van der Waals surface area contributed by atoms with Crippen LogP contribution in [-0.4, -0.2) is 22.9 Å².